The topological polar surface area (TPSA) is 69.4 Å². The lowest BCUT2D eigenvalue weighted by molar-refractivity contribution is -0.141. The molecule has 92 valence electrons. The molecule has 0 aliphatic carbocycles. The molecule has 2 N–H and O–H groups in total. The summed E-state index contributed by atoms with van der Waals surface area (Å²) in [6.07, 6.45) is 0.731. The smallest absolute Gasteiger partial charge is 0.306 e. The van der Waals surface area contributed by atoms with Crippen LogP contribution in [0, 0.1) is 5.92 Å². The van der Waals surface area contributed by atoms with Gasteiger partial charge in [0.05, 0.1) is 13.5 Å². The molecule has 0 bridgehead atoms. The van der Waals surface area contributed by atoms with Gasteiger partial charge in [0, 0.05) is 17.2 Å². The fourth-order valence-corrected chi connectivity index (χ4v) is 1.59. The summed E-state index contributed by atoms with van der Waals surface area (Å²) in [7, 11) is 1.32. The third-order valence-corrected chi connectivity index (χ3v) is 2.70. The summed E-state index contributed by atoms with van der Waals surface area (Å²) in [5.74, 6) is -0.732. The number of nitrogen functional groups attached to an aromatic ring is 1. The average molecular weight is 235 g/mol. The predicted octanol–water partition coefficient (Wildman–Crippen LogP) is 2.04. The van der Waals surface area contributed by atoms with Crippen molar-refractivity contribution in [1.82, 2.24) is 0 Å². The highest BCUT2D eigenvalue weighted by molar-refractivity contribution is 5.99. The van der Waals surface area contributed by atoms with Crippen molar-refractivity contribution in [2.24, 2.45) is 5.92 Å². The molecule has 17 heavy (non-hydrogen) atoms. The number of ether oxygens (including phenoxy) is 1. The molecule has 1 aromatic rings. The third kappa shape index (κ3) is 3.59. The van der Waals surface area contributed by atoms with E-state index in [4.69, 9.17) is 5.73 Å². The van der Waals surface area contributed by atoms with Crippen molar-refractivity contribution < 1.29 is 14.3 Å². The SMILES string of the molecule is CC[C@@H](CC(=O)OC)C(=O)c1ccc(N)cc1. The molecule has 1 aromatic carbocycles. The Labute approximate surface area is 101 Å². The summed E-state index contributed by atoms with van der Waals surface area (Å²) in [4.78, 5) is 23.3. The van der Waals surface area contributed by atoms with E-state index in [9.17, 15) is 9.59 Å². The first kappa shape index (κ1) is 13.2. The molecule has 0 spiro atoms. The second kappa shape index (κ2) is 6.03. The first-order valence-electron chi connectivity index (χ1n) is 5.55. The van der Waals surface area contributed by atoms with E-state index in [2.05, 4.69) is 4.74 Å². The molecular weight excluding hydrogens is 218 g/mol. The van der Waals surface area contributed by atoms with Crippen molar-refractivity contribution in [1.29, 1.82) is 0 Å². The Kier molecular flexibility index (Phi) is 4.69. The van der Waals surface area contributed by atoms with Crippen molar-refractivity contribution in [3.63, 3.8) is 0 Å². The Morgan fingerprint density at radius 1 is 1.29 bits per heavy atom. The van der Waals surface area contributed by atoms with Crippen molar-refractivity contribution in [2.75, 3.05) is 12.8 Å². The van der Waals surface area contributed by atoms with Crippen molar-refractivity contribution in [3.05, 3.63) is 29.8 Å². The first-order valence-corrected chi connectivity index (χ1v) is 5.55. The monoisotopic (exact) mass is 235 g/mol. The van der Waals surface area contributed by atoms with Crippen LogP contribution in [0.3, 0.4) is 0 Å². The molecule has 0 unspecified atom stereocenters. The van der Waals surface area contributed by atoms with Gasteiger partial charge >= 0.3 is 5.97 Å². The van der Waals surface area contributed by atoms with Crippen LogP contribution in [-0.2, 0) is 9.53 Å². The van der Waals surface area contributed by atoms with Crippen LogP contribution in [0.2, 0.25) is 0 Å². The summed E-state index contributed by atoms with van der Waals surface area (Å²) in [5.41, 5.74) is 6.74. The van der Waals surface area contributed by atoms with Crippen LogP contribution in [0.15, 0.2) is 24.3 Å². The summed E-state index contributed by atoms with van der Waals surface area (Å²) in [5, 5.41) is 0. The first-order chi connectivity index (χ1) is 8.08. The van der Waals surface area contributed by atoms with Crippen molar-refractivity contribution >= 4 is 17.4 Å². The summed E-state index contributed by atoms with van der Waals surface area (Å²) in [6.45, 7) is 1.88. The number of nitrogens with two attached hydrogens (primary N) is 1. The van der Waals surface area contributed by atoms with Gasteiger partial charge in [0.1, 0.15) is 0 Å². The minimum atomic E-state index is -0.361. The third-order valence-electron chi connectivity index (χ3n) is 2.70. The van der Waals surface area contributed by atoms with Gasteiger partial charge in [-0.05, 0) is 30.7 Å². The van der Waals surface area contributed by atoms with Crippen LogP contribution in [0.4, 0.5) is 5.69 Å². The number of ketones is 1. The quantitative estimate of drug-likeness (QED) is 0.481. The zero-order valence-corrected chi connectivity index (χ0v) is 10.1. The molecule has 1 rings (SSSR count). The van der Waals surface area contributed by atoms with Gasteiger partial charge in [0.15, 0.2) is 5.78 Å². The Morgan fingerprint density at radius 2 is 1.88 bits per heavy atom. The minimum absolute atomic E-state index is 0.0436. The van der Waals surface area contributed by atoms with Gasteiger partial charge in [-0.25, -0.2) is 0 Å². The van der Waals surface area contributed by atoms with E-state index in [1.54, 1.807) is 24.3 Å². The van der Waals surface area contributed by atoms with Crippen LogP contribution >= 0.6 is 0 Å². The molecule has 0 amide bonds. The van der Waals surface area contributed by atoms with E-state index in [-0.39, 0.29) is 24.1 Å². The number of esters is 1. The maximum atomic E-state index is 12.1. The van der Waals surface area contributed by atoms with Crippen LogP contribution in [-0.4, -0.2) is 18.9 Å². The van der Waals surface area contributed by atoms with Crippen LogP contribution < -0.4 is 5.73 Å². The maximum Gasteiger partial charge on any atom is 0.306 e. The molecular formula is C13H17NO3. The summed E-state index contributed by atoms with van der Waals surface area (Å²) >= 11 is 0. The van der Waals surface area contributed by atoms with Gasteiger partial charge in [-0.15, -0.1) is 0 Å². The number of hydrogen-bond acceptors (Lipinski definition) is 4. The number of methoxy groups -OCH3 is 1. The van der Waals surface area contributed by atoms with Gasteiger partial charge in [-0.1, -0.05) is 6.92 Å². The summed E-state index contributed by atoms with van der Waals surface area (Å²) in [6, 6.07) is 6.71. The number of rotatable bonds is 5. The van der Waals surface area contributed by atoms with Gasteiger partial charge in [0.2, 0.25) is 0 Å². The van der Waals surface area contributed by atoms with Crippen LogP contribution in [0.25, 0.3) is 0 Å². The normalized spacial score (nSPS) is 11.9. The Bertz CT molecular complexity index is 398. The molecule has 0 aliphatic heterocycles. The highest BCUT2D eigenvalue weighted by atomic mass is 16.5. The van der Waals surface area contributed by atoms with Crippen molar-refractivity contribution in [3.8, 4) is 0 Å². The standard InChI is InChI=1S/C13H17NO3/c1-3-9(8-12(15)17-2)13(16)10-4-6-11(14)7-5-10/h4-7,9H,3,8,14H2,1-2H3/t9-/m0/s1. The predicted molar refractivity (Wildman–Crippen MR) is 65.6 cm³/mol. The second-order valence-corrected chi connectivity index (χ2v) is 3.87. The number of Topliss-reactive ketones (excluding diaryl/α,β-unsaturated/α-hetero) is 1. The average Bonchev–Trinajstić information content (AvgIpc) is 2.35. The highest BCUT2D eigenvalue weighted by Gasteiger charge is 2.21. The minimum Gasteiger partial charge on any atom is -0.469 e. The summed E-state index contributed by atoms with van der Waals surface area (Å²) < 4.78 is 4.58. The molecule has 1 atom stereocenters. The molecule has 4 heteroatoms. The zero-order chi connectivity index (χ0) is 12.8. The second-order valence-electron chi connectivity index (χ2n) is 3.87. The van der Waals surface area contributed by atoms with Crippen molar-refractivity contribution in [2.45, 2.75) is 19.8 Å². The Balaban J connectivity index is 2.78. The van der Waals surface area contributed by atoms with E-state index in [0.29, 0.717) is 17.7 Å². The lowest BCUT2D eigenvalue weighted by Gasteiger charge is -2.12. The lowest BCUT2D eigenvalue weighted by Crippen LogP contribution is -2.18. The molecule has 0 saturated carbocycles. The fourth-order valence-electron chi connectivity index (χ4n) is 1.59. The number of anilines is 1. The molecule has 0 aromatic heterocycles. The van der Waals surface area contributed by atoms with E-state index in [0.717, 1.165) is 0 Å². The Hall–Kier alpha value is -1.84. The number of carbonyl (C=O) groups is 2. The lowest BCUT2D eigenvalue weighted by atomic mass is 9.92. The van der Waals surface area contributed by atoms with E-state index in [1.165, 1.54) is 7.11 Å². The van der Waals surface area contributed by atoms with Gasteiger partial charge in [0.25, 0.3) is 0 Å². The van der Waals surface area contributed by atoms with Gasteiger partial charge in [-0.2, -0.15) is 0 Å². The highest BCUT2D eigenvalue weighted by Crippen LogP contribution is 2.17. The molecule has 0 saturated heterocycles. The van der Waals surface area contributed by atoms with Gasteiger partial charge in [-0.3, -0.25) is 9.59 Å². The molecule has 0 fully saturated rings. The fraction of sp³-hybridized carbons (Fsp3) is 0.385. The van der Waals surface area contributed by atoms with Crippen LogP contribution in [0.1, 0.15) is 30.1 Å². The largest absolute Gasteiger partial charge is 0.469 e. The number of hydrogen-bond donors (Lipinski definition) is 1. The molecule has 4 nitrogen and oxygen atoms in total. The maximum absolute atomic E-state index is 12.1. The molecule has 0 radical (unpaired) electrons. The number of benzene rings is 1. The molecule has 0 aliphatic rings. The van der Waals surface area contributed by atoms with E-state index in [1.807, 2.05) is 6.92 Å². The van der Waals surface area contributed by atoms with E-state index >= 15 is 0 Å². The zero-order valence-electron chi connectivity index (χ0n) is 10.1. The number of carbonyl (C=O) groups excluding carboxylic acids is 2. The molecule has 0 heterocycles. The van der Waals surface area contributed by atoms with E-state index < -0.39 is 0 Å². The van der Waals surface area contributed by atoms with Gasteiger partial charge < -0.3 is 10.5 Å². The Morgan fingerprint density at radius 3 is 2.35 bits per heavy atom. The van der Waals surface area contributed by atoms with Crippen LogP contribution in [0.5, 0.6) is 0 Å².